The van der Waals surface area contributed by atoms with Crippen molar-refractivity contribution in [3.05, 3.63) is 52.0 Å². The number of carbonyl (C=O) groups excluding carboxylic acids is 1. The van der Waals surface area contributed by atoms with E-state index in [0.29, 0.717) is 6.54 Å². The molecular formula is C13H13FN2OS. The molecule has 0 spiro atoms. The van der Waals surface area contributed by atoms with E-state index >= 15 is 0 Å². The zero-order valence-corrected chi connectivity index (χ0v) is 10.5. The standard InChI is InChI=1S/C13H13FN2OS/c14-11-7-10(1-2-12(11)15)13(17)16-5-3-9-4-6-18-8-9/h1-2,4,6-8H,3,5,15H2,(H,16,17). The predicted molar refractivity (Wildman–Crippen MR) is 71.2 cm³/mol. The van der Waals surface area contributed by atoms with Gasteiger partial charge in [0.2, 0.25) is 0 Å². The number of nitrogens with one attached hydrogen (secondary N) is 1. The highest BCUT2D eigenvalue weighted by atomic mass is 32.1. The summed E-state index contributed by atoms with van der Waals surface area (Å²) in [5.74, 6) is -0.857. The molecule has 0 bridgehead atoms. The SMILES string of the molecule is Nc1ccc(C(=O)NCCc2ccsc2)cc1F. The lowest BCUT2D eigenvalue weighted by atomic mass is 10.2. The van der Waals surface area contributed by atoms with Crippen molar-refractivity contribution < 1.29 is 9.18 Å². The van der Waals surface area contributed by atoms with E-state index in [9.17, 15) is 9.18 Å². The Kier molecular flexibility index (Phi) is 3.94. The minimum atomic E-state index is -0.569. The van der Waals surface area contributed by atoms with Gasteiger partial charge in [-0.3, -0.25) is 4.79 Å². The first-order chi connectivity index (χ1) is 8.66. The third-order valence-electron chi connectivity index (χ3n) is 2.54. The number of nitrogens with two attached hydrogens (primary N) is 1. The summed E-state index contributed by atoms with van der Waals surface area (Å²) in [6.07, 6.45) is 0.771. The molecule has 94 valence electrons. The number of hydrogen-bond donors (Lipinski definition) is 2. The van der Waals surface area contributed by atoms with Crippen LogP contribution in [0, 0.1) is 5.82 Å². The molecule has 2 aromatic rings. The van der Waals surface area contributed by atoms with E-state index in [4.69, 9.17) is 5.73 Å². The molecule has 0 aliphatic heterocycles. The molecule has 0 aliphatic carbocycles. The van der Waals surface area contributed by atoms with Gasteiger partial charge in [-0.25, -0.2) is 4.39 Å². The van der Waals surface area contributed by atoms with E-state index in [1.165, 1.54) is 17.7 Å². The van der Waals surface area contributed by atoms with Gasteiger partial charge in [-0.05, 0) is 47.0 Å². The summed E-state index contributed by atoms with van der Waals surface area (Å²) in [6, 6.07) is 6.07. The molecule has 0 radical (unpaired) electrons. The summed E-state index contributed by atoms with van der Waals surface area (Å²) >= 11 is 1.62. The summed E-state index contributed by atoms with van der Waals surface area (Å²) < 4.78 is 13.2. The van der Waals surface area contributed by atoms with Gasteiger partial charge in [0.05, 0.1) is 5.69 Å². The molecule has 1 aromatic carbocycles. The van der Waals surface area contributed by atoms with Crippen LogP contribution in [0.4, 0.5) is 10.1 Å². The Bertz CT molecular complexity index is 540. The van der Waals surface area contributed by atoms with Gasteiger partial charge < -0.3 is 11.1 Å². The molecule has 1 heterocycles. The first-order valence-electron chi connectivity index (χ1n) is 5.51. The minimum Gasteiger partial charge on any atom is -0.396 e. The monoisotopic (exact) mass is 264 g/mol. The van der Waals surface area contributed by atoms with Crippen LogP contribution >= 0.6 is 11.3 Å². The number of amides is 1. The topological polar surface area (TPSA) is 55.1 Å². The van der Waals surface area contributed by atoms with Gasteiger partial charge >= 0.3 is 0 Å². The molecule has 0 fully saturated rings. The zero-order valence-electron chi connectivity index (χ0n) is 9.65. The number of rotatable bonds is 4. The van der Waals surface area contributed by atoms with Gasteiger partial charge in [0.15, 0.2) is 0 Å². The molecule has 3 nitrogen and oxygen atoms in total. The number of benzene rings is 1. The van der Waals surface area contributed by atoms with Crippen LogP contribution in [-0.2, 0) is 6.42 Å². The molecule has 0 saturated carbocycles. The lowest BCUT2D eigenvalue weighted by Crippen LogP contribution is -2.25. The van der Waals surface area contributed by atoms with Crippen molar-refractivity contribution in [2.24, 2.45) is 0 Å². The maximum absolute atomic E-state index is 13.2. The van der Waals surface area contributed by atoms with E-state index in [1.54, 1.807) is 11.3 Å². The molecule has 5 heteroatoms. The van der Waals surface area contributed by atoms with E-state index in [0.717, 1.165) is 12.5 Å². The van der Waals surface area contributed by atoms with Gasteiger partial charge in [0.25, 0.3) is 5.91 Å². The van der Waals surface area contributed by atoms with Crippen LogP contribution in [-0.4, -0.2) is 12.5 Å². The predicted octanol–water partition coefficient (Wildman–Crippen LogP) is 2.44. The number of thiophene rings is 1. The van der Waals surface area contributed by atoms with E-state index in [-0.39, 0.29) is 17.2 Å². The Morgan fingerprint density at radius 2 is 2.22 bits per heavy atom. The molecule has 0 aliphatic rings. The summed E-state index contributed by atoms with van der Waals surface area (Å²) in [5.41, 5.74) is 6.86. The molecular weight excluding hydrogens is 251 g/mol. The number of carbonyl (C=O) groups is 1. The highest BCUT2D eigenvalue weighted by Gasteiger charge is 2.07. The Balaban J connectivity index is 1.89. The Morgan fingerprint density at radius 1 is 1.39 bits per heavy atom. The Hall–Kier alpha value is -1.88. The van der Waals surface area contributed by atoms with E-state index < -0.39 is 5.82 Å². The first kappa shape index (κ1) is 12.6. The largest absolute Gasteiger partial charge is 0.396 e. The quantitative estimate of drug-likeness (QED) is 0.833. The Morgan fingerprint density at radius 3 is 2.89 bits per heavy atom. The summed E-state index contributed by atoms with van der Waals surface area (Å²) in [6.45, 7) is 0.529. The van der Waals surface area contributed by atoms with E-state index in [2.05, 4.69) is 5.32 Å². The third kappa shape index (κ3) is 3.07. The average Bonchev–Trinajstić information content (AvgIpc) is 2.85. The van der Waals surface area contributed by atoms with Crippen LogP contribution in [0.2, 0.25) is 0 Å². The zero-order chi connectivity index (χ0) is 13.0. The number of hydrogen-bond acceptors (Lipinski definition) is 3. The molecule has 0 saturated heterocycles. The summed E-state index contributed by atoms with van der Waals surface area (Å²) in [4.78, 5) is 11.7. The highest BCUT2D eigenvalue weighted by molar-refractivity contribution is 7.07. The highest BCUT2D eigenvalue weighted by Crippen LogP contribution is 2.12. The molecule has 18 heavy (non-hydrogen) atoms. The van der Waals surface area contributed by atoms with Gasteiger partial charge in [0, 0.05) is 12.1 Å². The Labute approximate surface area is 108 Å². The minimum absolute atomic E-state index is 0.0461. The van der Waals surface area contributed by atoms with Crippen LogP contribution in [0.5, 0.6) is 0 Å². The summed E-state index contributed by atoms with van der Waals surface area (Å²) in [5, 5.41) is 6.77. The lowest BCUT2D eigenvalue weighted by Gasteiger charge is -2.05. The second-order valence-electron chi connectivity index (χ2n) is 3.87. The van der Waals surface area contributed by atoms with Crippen molar-refractivity contribution in [3.8, 4) is 0 Å². The fraction of sp³-hybridized carbons (Fsp3) is 0.154. The van der Waals surface area contributed by atoms with Crippen molar-refractivity contribution >= 4 is 22.9 Å². The second-order valence-corrected chi connectivity index (χ2v) is 4.65. The molecule has 1 aromatic heterocycles. The van der Waals surface area contributed by atoms with Crippen LogP contribution in [0.3, 0.4) is 0 Å². The average molecular weight is 264 g/mol. The van der Waals surface area contributed by atoms with E-state index in [1.807, 2.05) is 16.8 Å². The molecule has 2 rings (SSSR count). The van der Waals surface area contributed by atoms with Crippen LogP contribution in [0.15, 0.2) is 35.0 Å². The smallest absolute Gasteiger partial charge is 0.251 e. The number of nitrogen functional groups attached to an aromatic ring is 1. The second kappa shape index (κ2) is 5.64. The van der Waals surface area contributed by atoms with Crippen LogP contribution < -0.4 is 11.1 Å². The molecule has 1 amide bonds. The maximum Gasteiger partial charge on any atom is 0.251 e. The fourth-order valence-corrected chi connectivity index (χ4v) is 2.23. The number of anilines is 1. The van der Waals surface area contributed by atoms with Gasteiger partial charge in [-0.2, -0.15) is 11.3 Å². The molecule has 0 unspecified atom stereocenters. The van der Waals surface area contributed by atoms with Gasteiger partial charge in [0.1, 0.15) is 5.82 Å². The maximum atomic E-state index is 13.2. The normalized spacial score (nSPS) is 10.3. The van der Waals surface area contributed by atoms with Crippen molar-refractivity contribution in [1.82, 2.24) is 5.32 Å². The van der Waals surface area contributed by atoms with Gasteiger partial charge in [-0.1, -0.05) is 0 Å². The lowest BCUT2D eigenvalue weighted by molar-refractivity contribution is 0.0954. The van der Waals surface area contributed by atoms with Crippen molar-refractivity contribution in [3.63, 3.8) is 0 Å². The number of halogens is 1. The third-order valence-corrected chi connectivity index (χ3v) is 3.27. The van der Waals surface area contributed by atoms with Crippen LogP contribution in [0.25, 0.3) is 0 Å². The van der Waals surface area contributed by atoms with Gasteiger partial charge in [-0.15, -0.1) is 0 Å². The fourth-order valence-electron chi connectivity index (χ4n) is 1.53. The first-order valence-corrected chi connectivity index (χ1v) is 6.45. The summed E-state index contributed by atoms with van der Waals surface area (Å²) in [7, 11) is 0. The molecule has 0 atom stereocenters. The van der Waals surface area contributed by atoms with Crippen molar-refractivity contribution in [2.45, 2.75) is 6.42 Å². The van der Waals surface area contributed by atoms with Crippen molar-refractivity contribution in [2.75, 3.05) is 12.3 Å². The van der Waals surface area contributed by atoms with Crippen LogP contribution in [0.1, 0.15) is 15.9 Å². The molecule has 3 N–H and O–H groups in total. The van der Waals surface area contributed by atoms with Crippen molar-refractivity contribution in [1.29, 1.82) is 0 Å².